The smallest absolute Gasteiger partial charge is 0.211 e. The summed E-state index contributed by atoms with van der Waals surface area (Å²) in [6, 6.07) is 9.97. The lowest BCUT2D eigenvalue weighted by atomic mass is 10.2. The molecule has 6 nitrogen and oxygen atoms in total. The molecule has 0 amide bonds. The molecule has 23 heavy (non-hydrogen) atoms. The minimum atomic E-state index is -3.22. The molecule has 1 unspecified atom stereocenters. The highest BCUT2D eigenvalue weighted by atomic mass is 32.2. The SMILES string of the molecule is Cn1c(SCc2ccccc2)nnc1C1CCCN1S(C)(=O)=O. The highest BCUT2D eigenvalue weighted by molar-refractivity contribution is 7.98. The van der Waals surface area contributed by atoms with E-state index >= 15 is 0 Å². The average molecular weight is 352 g/mol. The number of rotatable bonds is 5. The van der Waals surface area contributed by atoms with Gasteiger partial charge in [-0.3, -0.25) is 0 Å². The van der Waals surface area contributed by atoms with Crippen LogP contribution in [-0.2, 0) is 22.8 Å². The van der Waals surface area contributed by atoms with Crippen molar-refractivity contribution in [2.45, 2.75) is 29.8 Å². The lowest BCUT2D eigenvalue weighted by Crippen LogP contribution is -2.30. The van der Waals surface area contributed by atoms with Crippen LogP contribution in [0.3, 0.4) is 0 Å². The van der Waals surface area contributed by atoms with E-state index < -0.39 is 10.0 Å². The fraction of sp³-hybridized carbons (Fsp3) is 0.467. The van der Waals surface area contributed by atoms with Crippen molar-refractivity contribution in [1.29, 1.82) is 0 Å². The molecule has 0 spiro atoms. The van der Waals surface area contributed by atoms with Gasteiger partial charge in [0.1, 0.15) is 0 Å². The highest BCUT2D eigenvalue weighted by Gasteiger charge is 2.35. The Kier molecular flexibility index (Phi) is 4.74. The first-order chi connectivity index (χ1) is 11.0. The van der Waals surface area contributed by atoms with Gasteiger partial charge >= 0.3 is 0 Å². The van der Waals surface area contributed by atoms with Crippen molar-refractivity contribution in [3.05, 3.63) is 41.7 Å². The minimum Gasteiger partial charge on any atom is -0.308 e. The molecule has 2 aromatic rings. The fourth-order valence-electron chi connectivity index (χ4n) is 2.86. The predicted molar refractivity (Wildman–Crippen MR) is 90.5 cm³/mol. The largest absolute Gasteiger partial charge is 0.308 e. The Balaban J connectivity index is 1.77. The van der Waals surface area contributed by atoms with Crippen LogP contribution in [0.4, 0.5) is 0 Å². The normalized spacial score (nSPS) is 19.3. The predicted octanol–water partition coefficient (Wildman–Crippen LogP) is 2.20. The van der Waals surface area contributed by atoms with Gasteiger partial charge in [0.25, 0.3) is 0 Å². The summed E-state index contributed by atoms with van der Waals surface area (Å²) >= 11 is 1.61. The maximum absolute atomic E-state index is 11.9. The van der Waals surface area contributed by atoms with Gasteiger partial charge in [-0.2, -0.15) is 4.31 Å². The molecule has 0 radical (unpaired) electrons. The van der Waals surface area contributed by atoms with Gasteiger partial charge in [-0.1, -0.05) is 42.1 Å². The Morgan fingerprint density at radius 1 is 1.26 bits per heavy atom. The van der Waals surface area contributed by atoms with E-state index in [9.17, 15) is 8.42 Å². The monoisotopic (exact) mass is 352 g/mol. The topological polar surface area (TPSA) is 68.1 Å². The third kappa shape index (κ3) is 3.59. The van der Waals surface area contributed by atoms with E-state index in [1.54, 1.807) is 11.8 Å². The molecule has 1 aromatic heterocycles. The summed E-state index contributed by atoms with van der Waals surface area (Å²) in [7, 11) is -1.31. The van der Waals surface area contributed by atoms with Crippen LogP contribution in [0.5, 0.6) is 0 Å². The lowest BCUT2D eigenvalue weighted by molar-refractivity contribution is 0.378. The summed E-state index contributed by atoms with van der Waals surface area (Å²) < 4.78 is 27.3. The maximum Gasteiger partial charge on any atom is 0.211 e. The zero-order chi connectivity index (χ0) is 16.4. The number of nitrogens with zero attached hydrogens (tertiary/aromatic N) is 4. The number of benzene rings is 1. The lowest BCUT2D eigenvalue weighted by Gasteiger charge is -2.21. The molecule has 0 N–H and O–H groups in total. The molecule has 0 aliphatic carbocycles. The van der Waals surface area contributed by atoms with Gasteiger partial charge in [-0.05, 0) is 18.4 Å². The second-order valence-electron chi connectivity index (χ2n) is 5.71. The van der Waals surface area contributed by atoms with E-state index in [1.807, 2.05) is 29.8 Å². The van der Waals surface area contributed by atoms with Crippen LogP contribution in [0.1, 0.15) is 30.3 Å². The molecule has 1 atom stereocenters. The second kappa shape index (κ2) is 6.62. The third-order valence-electron chi connectivity index (χ3n) is 4.01. The molecule has 1 fully saturated rings. The molecule has 8 heteroatoms. The Morgan fingerprint density at radius 3 is 2.70 bits per heavy atom. The van der Waals surface area contributed by atoms with Crippen molar-refractivity contribution in [3.8, 4) is 0 Å². The van der Waals surface area contributed by atoms with Gasteiger partial charge < -0.3 is 4.57 Å². The second-order valence-corrected chi connectivity index (χ2v) is 8.58. The van der Waals surface area contributed by atoms with Gasteiger partial charge in [-0.15, -0.1) is 10.2 Å². The summed E-state index contributed by atoms with van der Waals surface area (Å²) in [5.74, 6) is 1.54. The molecule has 1 aliphatic heterocycles. The molecule has 1 aromatic carbocycles. The van der Waals surface area contributed by atoms with E-state index in [0.717, 1.165) is 29.6 Å². The van der Waals surface area contributed by atoms with Gasteiger partial charge in [-0.25, -0.2) is 8.42 Å². The Labute approximate surface area is 141 Å². The van der Waals surface area contributed by atoms with E-state index in [2.05, 4.69) is 22.3 Å². The van der Waals surface area contributed by atoms with Crippen LogP contribution in [0, 0.1) is 0 Å². The van der Waals surface area contributed by atoms with Crippen LogP contribution >= 0.6 is 11.8 Å². The third-order valence-corrected chi connectivity index (χ3v) is 6.39. The van der Waals surface area contributed by atoms with E-state index in [0.29, 0.717) is 6.54 Å². The summed E-state index contributed by atoms with van der Waals surface area (Å²) in [6.45, 7) is 0.558. The Bertz CT molecular complexity index is 774. The molecular formula is C15H20N4O2S2. The zero-order valence-corrected chi connectivity index (χ0v) is 14.8. The summed E-state index contributed by atoms with van der Waals surface area (Å²) in [4.78, 5) is 0. The minimum absolute atomic E-state index is 0.200. The van der Waals surface area contributed by atoms with Crippen molar-refractivity contribution < 1.29 is 8.42 Å². The standard InChI is InChI=1S/C15H20N4O2S2/c1-18-14(13-9-6-10-19(13)23(2,20)21)16-17-15(18)22-11-12-7-4-3-5-8-12/h3-5,7-8,13H,6,9-11H2,1-2H3. The van der Waals surface area contributed by atoms with Crippen molar-refractivity contribution in [3.63, 3.8) is 0 Å². The van der Waals surface area contributed by atoms with Gasteiger partial charge in [0, 0.05) is 19.3 Å². The van der Waals surface area contributed by atoms with E-state index in [-0.39, 0.29) is 6.04 Å². The molecule has 2 heterocycles. The molecule has 1 saturated heterocycles. The first-order valence-electron chi connectivity index (χ1n) is 7.49. The van der Waals surface area contributed by atoms with Crippen LogP contribution in [-0.4, -0.2) is 40.3 Å². The van der Waals surface area contributed by atoms with Crippen LogP contribution in [0.15, 0.2) is 35.5 Å². The van der Waals surface area contributed by atoms with Gasteiger partial charge in [0.05, 0.1) is 12.3 Å². The summed E-state index contributed by atoms with van der Waals surface area (Å²) in [5.41, 5.74) is 1.22. The molecule has 1 aliphatic rings. The molecule has 0 saturated carbocycles. The van der Waals surface area contributed by atoms with Crippen LogP contribution in [0.25, 0.3) is 0 Å². The first kappa shape index (κ1) is 16.5. The quantitative estimate of drug-likeness (QED) is 0.772. The van der Waals surface area contributed by atoms with Gasteiger partial charge in [0.15, 0.2) is 11.0 Å². The number of hydrogen-bond acceptors (Lipinski definition) is 5. The number of hydrogen-bond donors (Lipinski definition) is 0. The fourth-order valence-corrected chi connectivity index (χ4v) is 4.86. The average Bonchev–Trinajstić information content (AvgIpc) is 3.12. The Morgan fingerprint density at radius 2 is 2.00 bits per heavy atom. The van der Waals surface area contributed by atoms with E-state index in [4.69, 9.17) is 0 Å². The van der Waals surface area contributed by atoms with Crippen molar-refractivity contribution in [2.75, 3.05) is 12.8 Å². The molecule has 0 bridgehead atoms. The number of thioether (sulfide) groups is 1. The number of aromatic nitrogens is 3. The summed E-state index contributed by atoms with van der Waals surface area (Å²) in [6.07, 6.45) is 2.91. The van der Waals surface area contributed by atoms with Crippen molar-refractivity contribution in [1.82, 2.24) is 19.1 Å². The van der Waals surface area contributed by atoms with Crippen molar-refractivity contribution in [2.24, 2.45) is 7.05 Å². The highest BCUT2D eigenvalue weighted by Crippen LogP contribution is 2.34. The molecule has 3 rings (SSSR count). The molecular weight excluding hydrogens is 332 g/mol. The summed E-state index contributed by atoms with van der Waals surface area (Å²) in [5, 5.41) is 9.32. The number of sulfonamides is 1. The van der Waals surface area contributed by atoms with Crippen LogP contribution < -0.4 is 0 Å². The Hall–Kier alpha value is -1.38. The van der Waals surface area contributed by atoms with Crippen LogP contribution in [0.2, 0.25) is 0 Å². The van der Waals surface area contributed by atoms with Gasteiger partial charge in [0.2, 0.25) is 10.0 Å². The maximum atomic E-state index is 11.9. The first-order valence-corrected chi connectivity index (χ1v) is 10.3. The van der Waals surface area contributed by atoms with E-state index in [1.165, 1.54) is 16.1 Å². The van der Waals surface area contributed by atoms with Crippen molar-refractivity contribution >= 4 is 21.8 Å². The molecule has 124 valence electrons. The zero-order valence-electron chi connectivity index (χ0n) is 13.2.